The van der Waals surface area contributed by atoms with Crippen LogP contribution in [0.2, 0.25) is 5.15 Å². The van der Waals surface area contributed by atoms with Gasteiger partial charge < -0.3 is 0 Å². The predicted octanol–water partition coefficient (Wildman–Crippen LogP) is 1.91. The van der Waals surface area contributed by atoms with Gasteiger partial charge in [-0.1, -0.05) is 32.4 Å². The number of rotatable bonds is 2. The Hall–Kier alpha value is -1.95. The Kier molecular flexibility index (Phi) is 3.02. The maximum absolute atomic E-state index is 12.4. The minimum absolute atomic E-state index is 0.141. The van der Waals surface area contributed by atoms with E-state index < -0.39 is 5.41 Å². The number of hydrogen-bond donors (Lipinski definition) is 0. The maximum Gasteiger partial charge on any atom is 0.235 e. The molecule has 0 bridgehead atoms. The van der Waals surface area contributed by atoms with Crippen molar-refractivity contribution in [2.75, 3.05) is 0 Å². The van der Waals surface area contributed by atoms with Crippen molar-refractivity contribution >= 4 is 28.9 Å². The number of likely N-dealkylation sites (tertiary alicyclic amines) is 1. The molecular formula is C14H15ClN4O2. The van der Waals surface area contributed by atoms with Crippen molar-refractivity contribution in [2.45, 2.75) is 27.3 Å². The number of hydrogen-bond acceptors (Lipinski definition) is 4. The molecule has 1 saturated heterocycles. The van der Waals surface area contributed by atoms with E-state index in [-0.39, 0.29) is 24.3 Å². The minimum Gasteiger partial charge on any atom is -0.277 e. The van der Waals surface area contributed by atoms with Crippen molar-refractivity contribution in [3.8, 4) is 0 Å². The molecule has 3 heterocycles. The van der Waals surface area contributed by atoms with Crippen molar-refractivity contribution in [2.24, 2.45) is 11.3 Å². The Labute approximate surface area is 126 Å². The first-order chi connectivity index (χ1) is 9.82. The molecule has 2 aromatic rings. The van der Waals surface area contributed by atoms with Crippen molar-refractivity contribution in [1.82, 2.24) is 19.5 Å². The SMILES string of the molecule is CC1C(=O)N(Cc2cc3c(Cl)ncnn3c2)C(=O)C1(C)C. The zero-order chi connectivity index (χ0) is 15.4. The molecule has 0 saturated carbocycles. The van der Waals surface area contributed by atoms with Gasteiger partial charge in [0.05, 0.1) is 12.0 Å². The third-order valence-electron chi connectivity index (χ3n) is 4.27. The van der Waals surface area contributed by atoms with Gasteiger partial charge in [-0.25, -0.2) is 9.50 Å². The number of carbonyl (C=O) groups is 2. The summed E-state index contributed by atoms with van der Waals surface area (Å²) in [7, 11) is 0. The first-order valence-electron chi connectivity index (χ1n) is 6.66. The molecular weight excluding hydrogens is 292 g/mol. The van der Waals surface area contributed by atoms with Crippen LogP contribution in [0, 0.1) is 11.3 Å². The second-order valence-corrected chi connectivity index (χ2v) is 6.26. The molecule has 7 heteroatoms. The van der Waals surface area contributed by atoms with Gasteiger partial charge in [0, 0.05) is 12.1 Å². The third-order valence-corrected chi connectivity index (χ3v) is 4.56. The lowest BCUT2D eigenvalue weighted by Gasteiger charge is -2.18. The van der Waals surface area contributed by atoms with Crippen LogP contribution < -0.4 is 0 Å². The van der Waals surface area contributed by atoms with Crippen LogP contribution in [0.3, 0.4) is 0 Å². The molecule has 0 aliphatic carbocycles. The van der Waals surface area contributed by atoms with Crippen LogP contribution in [-0.2, 0) is 16.1 Å². The van der Waals surface area contributed by atoms with Crippen LogP contribution in [0.25, 0.3) is 5.52 Å². The van der Waals surface area contributed by atoms with E-state index in [4.69, 9.17) is 11.6 Å². The van der Waals surface area contributed by atoms with Gasteiger partial charge in [0.25, 0.3) is 0 Å². The van der Waals surface area contributed by atoms with E-state index in [1.807, 2.05) is 0 Å². The van der Waals surface area contributed by atoms with E-state index in [2.05, 4.69) is 10.1 Å². The lowest BCUT2D eigenvalue weighted by atomic mass is 9.82. The summed E-state index contributed by atoms with van der Waals surface area (Å²) >= 11 is 5.99. The summed E-state index contributed by atoms with van der Waals surface area (Å²) in [4.78, 5) is 29.9. The zero-order valence-corrected chi connectivity index (χ0v) is 12.8. The van der Waals surface area contributed by atoms with Gasteiger partial charge in [-0.05, 0) is 11.6 Å². The van der Waals surface area contributed by atoms with Crippen LogP contribution in [0.4, 0.5) is 0 Å². The largest absolute Gasteiger partial charge is 0.277 e. The number of fused-ring (bicyclic) bond motifs is 1. The lowest BCUT2D eigenvalue weighted by Crippen LogP contribution is -2.32. The fourth-order valence-corrected chi connectivity index (χ4v) is 2.73. The Morgan fingerprint density at radius 2 is 2.10 bits per heavy atom. The molecule has 0 aromatic carbocycles. The molecule has 110 valence electrons. The highest BCUT2D eigenvalue weighted by atomic mass is 35.5. The Bertz CT molecular complexity index is 753. The zero-order valence-electron chi connectivity index (χ0n) is 12.0. The quantitative estimate of drug-likeness (QED) is 0.795. The molecule has 0 N–H and O–H groups in total. The summed E-state index contributed by atoms with van der Waals surface area (Å²) in [6.45, 7) is 5.62. The number of carbonyl (C=O) groups excluding carboxylic acids is 2. The molecule has 6 nitrogen and oxygen atoms in total. The summed E-state index contributed by atoms with van der Waals surface area (Å²) in [6.07, 6.45) is 3.11. The van der Waals surface area contributed by atoms with Crippen LogP contribution in [0.15, 0.2) is 18.6 Å². The van der Waals surface area contributed by atoms with E-state index >= 15 is 0 Å². The lowest BCUT2D eigenvalue weighted by molar-refractivity contribution is -0.141. The number of imide groups is 1. The maximum atomic E-state index is 12.4. The molecule has 1 atom stereocenters. The van der Waals surface area contributed by atoms with Crippen molar-refractivity contribution in [3.63, 3.8) is 0 Å². The van der Waals surface area contributed by atoms with Crippen molar-refractivity contribution in [3.05, 3.63) is 29.3 Å². The average molecular weight is 307 g/mol. The Morgan fingerprint density at radius 3 is 2.67 bits per heavy atom. The van der Waals surface area contributed by atoms with Gasteiger partial charge in [-0.2, -0.15) is 5.10 Å². The Balaban J connectivity index is 1.94. The van der Waals surface area contributed by atoms with Crippen molar-refractivity contribution in [1.29, 1.82) is 0 Å². The number of aromatic nitrogens is 3. The summed E-state index contributed by atoms with van der Waals surface area (Å²) in [6, 6.07) is 1.79. The average Bonchev–Trinajstić information content (AvgIpc) is 2.91. The topological polar surface area (TPSA) is 67.6 Å². The second kappa shape index (κ2) is 4.53. The van der Waals surface area contributed by atoms with Gasteiger partial charge in [-0.15, -0.1) is 0 Å². The van der Waals surface area contributed by atoms with E-state index in [1.54, 1.807) is 37.5 Å². The van der Waals surface area contributed by atoms with Crippen LogP contribution in [-0.4, -0.2) is 31.3 Å². The van der Waals surface area contributed by atoms with Crippen LogP contribution in [0.5, 0.6) is 0 Å². The highest BCUT2D eigenvalue weighted by molar-refractivity contribution is 6.32. The van der Waals surface area contributed by atoms with Gasteiger partial charge in [0.2, 0.25) is 11.8 Å². The molecule has 21 heavy (non-hydrogen) atoms. The van der Waals surface area contributed by atoms with E-state index in [0.29, 0.717) is 10.7 Å². The molecule has 0 spiro atoms. The summed E-state index contributed by atoms with van der Waals surface area (Å²) in [5.74, 6) is -0.602. The summed E-state index contributed by atoms with van der Waals surface area (Å²) < 4.78 is 1.59. The first-order valence-corrected chi connectivity index (χ1v) is 7.03. The smallest absolute Gasteiger partial charge is 0.235 e. The first kappa shape index (κ1) is 14.0. The second-order valence-electron chi connectivity index (χ2n) is 5.90. The monoisotopic (exact) mass is 306 g/mol. The normalized spacial score (nSPS) is 21.5. The predicted molar refractivity (Wildman–Crippen MR) is 76.5 cm³/mol. The molecule has 2 aromatic heterocycles. The molecule has 1 aliphatic heterocycles. The van der Waals surface area contributed by atoms with Crippen LogP contribution >= 0.6 is 11.6 Å². The van der Waals surface area contributed by atoms with Gasteiger partial charge in [0.1, 0.15) is 11.8 Å². The molecule has 1 unspecified atom stereocenters. The number of amides is 2. The summed E-state index contributed by atoms with van der Waals surface area (Å²) in [5.41, 5.74) is 0.790. The highest BCUT2D eigenvalue weighted by Crippen LogP contribution is 2.38. The fourth-order valence-electron chi connectivity index (χ4n) is 2.55. The van der Waals surface area contributed by atoms with E-state index in [9.17, 15) is 9.59 Å². The highest BCUT2D eigenvalue weighted by Gasteiger charge is 2.50. The summed E-state index contributed by atoms with van der Waals surface area (Å²) in [5, 5.41) is 4.39. The van der Waals surface area contributed by atoms with Gasteiger partial charge in [0.15, 0.2) is 5.15 Å². The molecule has 2 amide bonds. The number of halogens is 1. The molecule has 1 aliphatic rings. The Morgan fingerprint density at radius 1 is 1.38 bits per heavy atom. The van der Waals surface area contributed by atoms with E-state index in [1.165, 1.54) is 11.2 Å². The fraction of sp³-hybridized carbons (Fsp3) is 0.429. The molecule has 0 radical (unpaired) electrons. The van der Waals surface area contributed by atoms with Gasteiger partial charge in [-0.3, -0.25) is 14.5 Å². The molecule has 1 fully saturated rings. The third kappa shape index (κ3) is 2.01. The van der Waals surface area contributed by atoms with Crippen LogP contribution in [0.1, 0.15) is 26.3 Å². The number of nitrogens with zero attached hydrogens (tertiary/aromatic N) is 4. The van der Waals surface area contributed by atoms with Gasteiger partial charge >= 0.3 is 0 Å². The minimum atomic E-state index is -0.659. The van der Waals surface area contributed by atoms with Crippen molar-refractivity contribution < 1.29 is 9.59 Å². The van der Waals surface area contributed by atoms with E-state index in [0.717, 1.165) is 5.56 Å². The standard InChI is InChI=1S/C14H15ClN4O2/c1-8-12(20)18(13(21)14(8,2)3)5-9-4-10-11(15)16-7-17-19(10)6-9/h4,6-8H,5H2,1-3H3. The molecule has 3 rings (SSSR count).